The van der Waals surface area contributed by atoms with E-state index in [9.17, 15) is 23.9 Å². The summed E-state index contributed by atoms with van der Waals surface area (Å²) < 4.78 is 13.1. The lowest BCUT2D eigenvalue weighted by Crippen LogP contribution is -2.51. The third-order valence-electron chi connectivity index (χ3n) is 4.51. The number of carboxylic acid groups (broad SMARTS) is 1. The van der Waals surface area contributed by atoms with Crippen molar-refractivity contribution in [1.29, 1.82) is 0 Å². The third kappa shape index (κ3) is 6.41. The first kappa shape index (κ1) is 22.1. The summed E-state index contributed by atoms with van der Waals surface area (Å²) >= 11 is 0. The summed E-state index contributed by atoms with van der Waals surface area (Å²) in [7, 11) is 0. The molecule has 0 saturated carbocycles. The molecule has 2 aromatic carbocycles. The number of nitrogens with one attached hydrogen (secondary N) is 2. The molecule has 7 heteroatoms. The maximum absolute atomic E-state index is 13.1. The molecule has 0 unspecified atom stereocenters. The first-order chi connectivity index (χ1) is 13.7. The Morgan fingerprint density at radius 1 is 0.966 bits per heavy atom. The van der Waals surface area contributed by atoms with Gasteiger partial charge < -0.3 is 20.5 Å². The van der Waals surface area contributed by atoms with Crippen molar-refractivity contribution in [3.05, 3.63) is 71.0 Å². The molecule has 0 heterocycles. The second-order valence-corrected chi connectivity index (χ2v) is 7.25. The molecule has 0 saturated heterocycles. The van der Waals surface area contributed by atoms with Crippen molar-refractivity contribution in [1.82, 2.24) is 10.6 Å². The summed E-state index contributed by atoms with van der Waals surface area (Å²) in [6, 6.07) is 10.4. The number of hydrogen-bond donors (Lipinski definition) is 2. The van der Waals surface area contributed by atoms with Crippen molar-refractivity contribution in [3.8, 4) is 0 Å². The lowest BCUT2D eigenvalue weighted by molar-refractivity contribution is -0.306. The fraction of sp³-hybridized carbons (Fsp3) is 0.318. The zero-order chi connectivity index (χ0) is 21.6. The van der Waals surface area contributed by atoms with Crippen molar-refractivity contribution in [2.24, 2.45) is 5.92 Å². The van der Waals surface area contributed by atoms with Gasteiger partial charge in [-0.15, -0.1) is 0 Å². The van der Waals surface area contributed by atoms with E-state index in [-0.39, 0.29) is 11.5 Å². The highest BCUT2D eigenvalue weighted by Crippen LogP contribution is 2.18. The molecule has 0 spiro atoms. The number of carbonyl (C=O) groups excluding carboxylic acids is 3. The summed E-state index contributed by atoms with van der Waals surface area (Å²) in [5, 5.41) is 16.5. The summed E-state index contributed by atoms with van der Waals surface area (Å²) in [5.41, 5.74) is 1.84. The maximum Gasteiger partial charge on any atom is 0.251 e. The van der Waals surface area contributed by atoms with Gasteiger partial charge in [-0.3, -0.25) is 9.59 Å². The van der Waals surface area contributed by atoms with Crippen LogP contribution in [0.4, 0.5) is 4.39 Å². The van der Waals surface area contributed by atoms with Crippen LogP contribution in [0.15, 0.2) is 48.5 Å². The van der Waals surface area contributed by atoms with Crippen molar-refractivity contribution in [3.63, 3.8) is 0 Å². The Morgan fingerprint density at radius 3 is 2.07 bits per heavy atom. The molecule has 154 valence electrons. The minimum absolute atomic E-state index is 0.217. The first-order valence-corrected chi connectivity index (χ1v) is 9.30. The molecule has 2 rings (SSSR count). The first-order valence-electron chi connectivity index (χ1n) is 9.30. The van der Waals surface area contributed by atoms with Crippen LogP contribution in [0, 0.1) is 18.7 Å². The summed E-state index contributed by atoms with van der Waals surface area (Å²) in [4.78, 5) is 36.4. The number of amides is 2. The van der Waals surface area contributed by atoms with E-state index in [1.54, 1.807) is 26.0 Å². The Labute approximate surface area is 169 Å². The van der Waals surface area contributed by atoms with Gasteiger partial charge in [0.2, 0.25) is 5.91 Å². The molecule has 2 aromatic rings. The molecule has 0 aliphatic heterocycles. The highest BCUT2D eigenvalue weighted by molar-refractivity contribution is 5.97. The summed E-state index contributed by atoms with van der Waals surface area (Å²) in [6.45, 7) is 5.42. The summed E-state index contributed by atoms with van der Waals surface area (Å²) in [5.74, 6) is -3.07. The fourth-order valence-corrected chi connectivity index (χ4v) is 2.84. The van der Waals surface area contributed by atoms with Crippen LogP contribution in [-0.4, -0.2) is 23.8 Å². The number of aryl methyl sites for hydroxylation is 1. The number of carbonyl (C=O) groups is 3. The summed E-state index contributed by atoms with van der Waals surface area (Å²) in [6.07, 6.45) is -0.397. The van der Waals surface area contributed by atoms with Crippen LogP contribution in [0.1, 0.15) is 47.8 Å². The highest BCUT2D eigenvalue weighted by atomic mass is 19.1. The number of aliphatic carboxylic acids is 1. The van der Waals surface area contributed by atoms with Crippen LogP contribution in [0.5, 0.6) is 0 Å². The fourth-order valence-electron chi connectivity index (χ4n) is 2.84. The Balaban J connectivity index is 2.16. The van der Waals surface area contributed by atoms with Crippen LogP contribution in [-0.2, 0) is 9.59 Å². The van der Waals surface area contributed by atoms with Gasteiger partial charge in [0.1, 0.15) is 11.9 Å². The van der Waals surface area contributed by atoms with E-state index in [2.05, 4.69) is 10.6 Å². The predicted molar refractivity (Wildman–Crippen MR) is 104 cm³/mol. The molecule has 2 atom stereocenters. The van der Waals surface area contributed by atoms with E-state index in [0.717, 1.165) is 17.7 Å². The molecule has 0 aliphatic carbocycles. The van der Waals surface area contributed by atoms with E-state index in [1.807, 2.05) is 19.1 Å². The van der Waals surface area contributed by atoms with Gasteiger partial charge in [-0.05, 0) is 42.7 Å². The number of carboxylic acids is 1. The lowest BCUT2D eigenvalue weighted by atomic mass is 9.99. The molecule has 2 N–H and O–H groups in total. The van der Waals surface area contributed by atoms with Crippen molar-refractivity contribution < 1.29 is 23.9 Å². The van der Waals surface area contributed by atoms with Crippen LogP contribution in [0.3, 0.4) is 0 Å². The Hall–Kier alpha value is -3.22. The van der Waals surface area contributed by atoms with Crippen LogP contribution in [0.25, 0.3) is 0 Å². The van der Waals surface area contributed by atoms with Crippen LogP contribution in [0.2, 0.25) is 0 Å². The van der Waals surface area contributed by atoms with Crippen molar-refractivity contribution >= 4 is 17.8 Å². The van der Waals surface area contributed by atoms with E-state index < -0.39 is 42.1 Å². The van der Waals surface area contributed by atoms with Crippen molar-refractivity contribution in [2.45, 2.75) is 39.3 Å². The van der Waals surface area contributed by atoms with Gasteiger partial charge in [-0.2, -0.15) is 0 Å². The normalized spacial score (nSPS) is 12.9. The monoisotopic (exact) mass is 399 g/mol. The number of benzene rings is 2. The van der Waals surface area contributed by atoms with Gasteiger partial charge in [-0.1, -0.05) is 43.7 Å². The molecule has 29 heavy (non-hydrogen) atoms. The highest BCUT2D eigenvalue weighted by Gasteiger charge is 2.27. The van der Waals surface area contributed by atoms with Gasteiger partial charge in [-0.25, -0.2) is 4.39 Å². The van der Waals surface area contributed by atoms with Gasteiger partial charge in [0.05, 0.1) is 6.04 Å². The predicted octanol–water partition coefficient (Wildman–Crippen LogP) is 1.89. The molecule has 0 bridgehead atoms. The molecule has 0 fully saturated rings. The molecule has 2 amide bonds. The Bertz CT molecular complexity index is 863. The standard InChI is InChI=1S/C22H25FN2O4/c1-13(2)20(25-21(28)16-8-10-17(23)11-9-16)22(29)24-18(12-19(26)27)15-6-4-14(3)5-7-15/h4-11,13,18,20H,12H2,1-3H3,(H,24,29)(H,25,28)(H,26,27)/p-1/t18-,20+/m1/s1. The molecule has 0 aromatic heterocycles. The topological polar surface area (TPSA) is 98.3 Å². The quantitative estimate of drug-likeness (QED) is 0.708. The van der Waals surface area contributed by atoms with Gasteiger partial charge in [0.25, 0.3) is 5.91 Å². The molecular formula is C22H24FN2O4-. The van der Waals surface area contributed by atoms with Crippen LogP contribution < -0.4 is 15.7 Å². The molecular weight excluding hydrogens is 375 g/mol. The maximum atomic E-state index is 13.1. The van der Waals surface area contributed by atoms with E-state index >= 15 is 0 Å². The Morgan fingerprint density at radius 2 is 1.55 bits per heavy atom. The SMILES string of the molecule is Cc1ccc([C@@H](CC(=O)[O-])NC(=O)[C@@H](NC(=O)c2ccc(F)cc2)C(C)C)cc1. The van der Waals surface area contributed by atoms with Crippen LogP contribution >= 0.6 is 0 Å². The van der Waals surface area contributed by atoms with Crippen molar-refractivity contribution in [2.75, 3.05) is 0 Å². The largest absolute Gasteiger partial charge is 0.550 e. The second kappa shape index (κ2) is 9.82. The van der Waals surface area contributed by atoms with E-state index in [4.69, 9.17) is 0 Å². The number of hydrogen-bond acceptors (Lipinski definition) is 4. The Kier molecular flexibility index (Phi) is 7.47. The average molecular weight is 399 g/mol. The zero-order valence-electron chi connectivity index (χ0n) is 16.6. The van der Waals surface area contributed by atoms with E-state index in [0.29, 0.717) is 5.56 Å². The number of halogens is 1. The molecule has 6 nitrogen and oxygen atoms in total. The molecule has 0 radical (unpaired) electrons. The minimum atomic E-state index is -1.30. The lowest BCUT2D eigenvalue weighted by Gasteiger charge is -2.26. The van der Waals surface area contributed by atoms with Gasteiger partial charge >= 0.3 is 0 Å². The molecule has 0 aliphatic rings. The van der Waals surface area contributed by atoms with E-state index in [1.165, 1.54) is 12.1 Å². The zero-order valence-corrected chi connectivity index (χ0v) is 16.6. The second-order valence-electron chi connectivity index (χ2n) is 7.25. The number of rotatable bonds is 8. The van der Waals surface area contributed by atoms with Gasteiger partial charge in [0.15, 0.2) is 0 Å². The van der Waals surface area contributed by atoms with Gasteiger partial charge in [0, 0.05) is 18.0 Å². The minimum Gasteiger partial charge on any atom is -0.550 e. The third-order valence-corrected chi connectivity index (χ3v) is 4.51. The average Bonchev–Trinajstić information content (AvgIpc) is 2.65. The smallest absolute Gasteiger partial charge is 0.251 e.